The van der Waals surface area contributed by atoms with Crippen LogP contribution in [0.2, 0.25) is 0 Å². The summed E-state index contributed by atoms with van der Waals surface area (Å²) in [4.78, 5) is 15.9. The summed E-state index contributed by atoms with van der Waals surface area (Å²) in [5, 5.41) is 19.9. The topological polar surface area (TPSA) is 69.9 Å². The molecule has 0 amide bonds. The number of unbranched alkanes of at least 4 members (excludes halogenated alkanes) is 7. The standard InChI is InChI=1S/C19H36N2O3/c1-3-5-6-7-8-9-10-11-13-17-20-14-15-21(17,16-19(23)24)18(22)12-4-2/h18,22H,3-16H2,1-2H3/p+1. The molecule has 0 bridgehead atoms. The van der Waals surface area contributed by atoms with E-state index in [2.05, 4.69) is 11.9 Å². The van der Waals surface area contributed by atoms with Gasteiger partial charge in [0.15, 0.2) is 12.8 Å². The number of amidine groups is 1. The maximum Gasteiger partial charge on any atom is 0.359 e. The van der Waals surface area contributed by atoms with Gasteiger partial charge in [-0.2, -0.15) is 0 Å². The first-order valence-corrected chi connectivity index (χ1v) is 9.87. The van der Waals surface area contributed by atoms with E-state index in [-0.39, 0.29) is 11.0 Å². The summed E-state index contributed by atoms with van der Waals surface area (Å²) >= 11 is 0. The van der Waals surface area contributed by atoms with Gasteiger partial charge in [-0.15, -0.1) is 0 Å². The molecule has 0 aromatic carbocycles. The van der Waals surface area contributed by atoms with Gasteiger partial charge in [-0.3, -0.25) is 0 Å². The van der Waals surface area contributed by atoms with Gasteiger partial charge in [0, 0.05) is 12.8 Å². The van der Waals surface area contributed by atoms with Crippen molar-refractivity contribution in [3.8, 4) is 0 Å². The van der Waals surface area contributed by atoms with Crippen molar-refractivity contribution < 1.29 is 19.5 Å². The summed E-state index contributed by atoms with van der Waals surface area (Å²) in [6.45, 7) is 5.47. The first-order chi connectivity index (χ1) is 11.6. The maximum atomic E-state index is 11.3. The zero-order valence-corrected chi connectivity index (χ0v) is 15.7. The molecule has 0 aromatic rings. The SMILES string of the molecule is CCCCCCCCCCC1=NCC[N+]1(CC(=O)O)C(O)CCC. The van der Waals surface area contributed by atoms with Crippen LogP contribution >= 0.6 is 0 Å². The maximum absolute atomic E-state index is 11.3. The predicted octanol–water partition coefficient (Wildman–Crippen LogP) is 3.95. The number of hydrogen-bond donors (Lipinski definition) is 2. The molecule has 0 aromatic heterocycles. The normalized spacial score (nSPS) is 21.7. The van der Waals surface area contributed by atoms with Gasteiger partial charge in [-0.05, 0) is 12.8 Å². The third-order valence-electron chi connectivity index (χ3n) is 5.10. The molecule has 1 aliphatic heterocycles. The first kappa shape index (κ1) is 21.1. The van der Waals surface area contributed by atoms with Gasteiger partial charge in [0.25, 0.3) is 0 Å². The van der Waals surface area contributed by atoms with Crippen LogP contribution in [-0.2, 0) is 4.79 Å². The number of hydrogen-bond acceptors (Lipinski definition) is 3. The molecule has 1 rings (SSSR count). The molecular formula is C19H37N2O3+. The minimum Gasteiger partial charge on any atom is -0.477 e. The Balaban J connectivity index is 2.44. The van der Waals surface area contributed by atoms with E-state index in [1.54, 1.807) is 0 Å². The summed E-state index contributed by atoms with van der Waals surface area (Å²) in [6.07, 6.45) is 11.7. The highest BCUT2D eigenvalue weighted by molar-refractivity contribution is 5.80. The lowest BCUT2D eigenvalue weighted by atomic mass is 10.1. The van der Waals surface area contributed by atoms with Crippen LogP contribution in [0.4, 0.5) is 0 Å². The van der Waals surface area contributed by atoms with E-state index < -0.39 is 12.2 Å². The number of aliphatic hydroxyl groups is 1. The first-order valence-electron chi connectivity index (χ1n) is 9.87. The number of aliphatic carboxylic acids is 1. The van der Waals surface area contributed by atoms with Gasteiger partial charge in [-0.25, -0.2) is 14.3 Å². The highest BCUT2D eigenvalue weighted by Crippen LogP contribution is 2.25. The Morgan fingerprint density at radius 2 is 1.71 bits per heavy atom. The average Bonchev–Trinajstić information content (AvgIpc) is 2.93. The van der Waals surface area contributed by atoms with Crippen molar-refractivity contribution in [2.24, 2.45) is 4.99 Å². The number of carboxylic acid groups (broad SMARTS) is 1. The lowest BCUT2D eigenvalue weighted by Crippen LogP contribution is -2.60. The fraction of sp³-hybridized carbons (Fsp3) is 0.895. The molecule has 24 heavy (non-hydrogen) atoms. The van der Waals surface area contributed by atoms with Crippen LogP contribution in [0.5, 0.6) is 0 Å². The van der Waals surface area contributed by atoms with Gasteiger partial charge in [0.05, 0.1) is 6.54 Å². The monoisotopic (exact) mass is 341 g/mol. The van der Waals surface area contributed by atoms with Crippen molar-refractivity contribution in [1.29, 1.82) is 0 Å². The minimum atomic E-state index is -0.851. The average molecular weight is 342 g/mol. The van der Waals surface area contributed by atoms with E-state index in [0.29, 0.717) is 19.5 Å². The zero-order chi connectivity index (χ0) is 17.8. The molecule has 0 aliphatic carbocycles. The van der Waals surface area contributed by atoms with Crippen LogP contribution in [0, 0.1) is 0 Å². The lowest BCUT2D eigenvalue weighted by Gasteiger charge is -2.37. The molecule has 2 unspecified atom stereocenters. The molecule has 1 heterocycles. The molecule has 5 heteroatoms. The third-order valence-corrected chi connectivity index (χ3v) is 5.10. The van der Waals surface area contributed by atoms with Gasteiger partial charge in [0.1, 0.15) is 6.54 Å². The van der Waals surface area contributed by atoms with Crippen molar-refractivity contribution in [3.63, 3.8) is 0 Å². The number of carboxylic acids is 1. The minimum absolute atomic E-state index is 0.0446. The molecule has 5 nitrogen and oxygen atoms in total. The number of aliphatic imine (C=N–C) groups is 1. The van der Waals surface area contributed by atoms with E-state index in [1.807, 2.05) is 6.92 Å². The number of aliphatic hydroxyl groups excluding tert-OH is 1. The molecule has 0 spiro atoms. The van der Waals surface area contributed by atoms with Crippen molar-refractivity contribution in [2.75, 3.05) is 19.6 Å². The second kappa shape index (κ2) is 11.6. The van der Waals surface area contributed by atoms with Crippen LogP contribution in [0.25, 0.3) is 0 Å². The molecule has 0 radical (unpaired) electrons. The van der Waals surface area contributed by atoms with Crippen LogP contribution in [0.1, 0.15) is 84.5 Å². The van der Waals surface area contributed by atoms with Crippen molar-refractivity contribution >= 4 is 11.8 Å². The highest BCUT2D eigenvalue weighted by Gasteiger charge is 2.45. The lowest BCUT2D eigenvalue weighted by molar-refractivity contribution is -0.880. The molecule has 0 fully saturated rings. The van der Waals surface area contributed by atoms with E-state index in [9.17, 15) is 15.0 Å². The molecule has 2 atom stereocenters. The van der Waals surface area contributed by atoms with Crippen molar-refractivity contribution in [3.05, 3.63) is 0 Å². The molecule has 2 N–H and O–H groups in total. The second-order valence-corrected chi connectivity index (χ2v) is 7.10. The number of rotatable bonds is 14. The van der Waals surface area contributed by atoms with Gasteiger partial charge < -0.3 is 10.2 Å². The quantitative estimate of drug-likeness (QED) is 0.371. The van der Waals surface area contributed by atoms with Crippen LogP contribution < -0.4 is 0 Å². The van der Waals surface area contributed by atoms with Crippen LogP contribution in [0.15, 0.2) is 4.99 Å². The second-order valence-electron chi connectivity index (χ2n) is 7.10. The van der Waals surface area contributed by atoms with Crippen LogP contribution in [0.3, 0.4) is 0 Å². The van der Waals surface area contributed by atoms with Crippen molar-refractivity contribution in [1.82, 2.24) is 0 Å². The third kappa shape index (κ3) is 6.52. The fourth-order valence-corrected chi connectivity index (χ4v) is 3.69. The Kier molecular flexibility index (Phi) is 10.2. The summed E-state index contributed by atoms with van der Waals surface area (Å²) in [6, 6.07) is 0. The Morgan fingerprint density at radius 3 is 2.29 bits per heavy atom. The highest BCUT2D eigenvalue weighted by atomic mass is 16.4. The summed E-state index contributed by atoms with van der Waals surface area (Å²) in [5.41, 5.74) is 0. The van der Waals surface area contributed by atoms with E-state index >= 15 is 0 Å². The van der Waals surface area contributed by atoms with Gasteiger partial charge in [-0.1, -0.05) is 58.8 Å². The molecule has 140 valence electrons. The Morgan fingerprint density at radius 1 is 1.08 bits per heavy atom. The number of quaternary nitrogens is 1. The molecule has 1 aliphatic rings. The fourth-order valence-electron chi connectivity index (χ4n) is 3.69. The smallest absolute Gasteiger partial charge is 0.359 e. The van der Waals surface area contributed by atoms with E-state index in [4.69, 9.17) is 0 Å². The number of carbonyl (C=O) groups is 1. The zero-order valence-electron chi connectivity index (χ0n) is 15.7. The van der Waals surface area contributed by atoms with Gasteiger partial charge >= 0.3 is 5.97 Å². The van der Waals surface area contributed by atoms with Crippen LogP contribution in [-0.4, -0.2) is 52.4 Å². The Bertz CT molecular complexity index is 398. The Hall–Kier alpha value is -0.940. The van der Waals surface area contributed by atoms with Gasteiger partial charge in [0.2, 0.25) is 5.84 Å². The number of nitrogens with zero attached hydrogens (tertiary/aromatic N) is 2. The largest absolute Gasteiger partial charge is 0.477 e. The summed E-state index contributed by atoms with van der Waals surface area (Å²) in [5.74, 6) is 0.0556. The molecular weight excluding hydrogens is 304 g/mol. The molecule has 0 saturated heterocycles. The van der Waals surface area contributed by atoms with E-state index in [1.165, 1.54) is 44.9 Å². The van der Waals surface area contributed by atoms with Crippen molar-refractivity contribution in [2.45, 2.75) is 90.7 Å². The Labute approximate surface area is 147 Å². The molecule has 0 saturated carbocycles. The summed E-state index contributed by atoms with van der Waals surface area (Å²) in [7, 11) is 0. The van der Waals surface area contributed by atoms with E-state index in [0.717, 1.165) is 25.1 Å². The predicted molar refractivity (Wildman–Crippen MR) is 98.1 cm³/mol. The summed E-state index contributed by atoms with van der Waals surface area (Å²) < 4.78 is 0.166.